The number of nitrogens with zero attached hydrogens (tertiary/aromatic N) is 2. The number of carbonyl (C=O) groups is 1. The van der Waals surface area contributed by atoms with E-state index in [4.69, 9.17) is 10.7 Å². The first-order valence-corrected chi connectivity index (χ1v) is 12.6. The van der Waals surface area contributed by atoms with Gasteiger partial charge >= 0.3 is 0 Å². The van der Waals surface area contributed by atoms with Crippen LogP contribution < -0.4 is 21.3 Å². The minimum Gasteiger partial charge on any atom is -0.396 e. The molecular weight excluding hydrogens is 414 g/mol. The largest absolute Gasteiger partial charge is 0.396 e. The van der Waals surface area contributed by atoms with Crippen molar-refractivity contribution in [2.75, 3.05) is 24.6 Å². The van der Waals surface area contributed by atoms with E-state index < -0.39 is 6.17 Å². The second-order valence-corrected chi connectivity index (χ2v) is 9.83. The molecule has 33 heavy (non-hydrogen) atoms. The van der Waals surface area contributed by atoms with Crippen LogP contribution in [0.3, 0.4) is 0 Å². The normalized spacial score (nSPS) is 23.0. The number of piperidine rings is 1. The highest BCUT2D eigenvalue weighted by Gasteiger charge is 2.33. The lowest BCUT2D eigenvalue weighted by Crippen LogP contribution is -2.54. The van der Waals surface area contributed by atoms with E-state index in [0.29, 0.717) is 36.4 Å². The van der Waals surface area contributed by atoms with E-state index in [1.165, 1.54) is 32.1 Å². The molecule has 2 fully saturated rings. The number of benzene rings is 1. The fourth-order valence-electron chi connectivity index (χ4n) is 5.24. The Morgan fingerprint density at radius 2 is 2.03 bits per heavy atom. The van der Waals surface area contributed by atoms with Crippen molar-refractivity contribution in [3.05, 3.63) is 35.4 Å². The van der Waals surface area contributed by atoms with Gasteiger partial charge < -0.3 is 26.4 Å². The van der Waals surface area contributed by atoms with Crippen LogP contribution in [0.15, 0.2) is 24.3 Å². The summed E-state index contributed by atoms with van der Waals surface area (Å²) in [6.45, 7) is 5.58. The minimum absolute atomic E-state index is 0.102. The molecule has 0 bridgehead atoms. The van der Waals surface area contributed by atoms with Gasteiger partial charge in [-0.2, -0.15) is 0 Å². The molecule has 2 aliphatic rings. The Labute approximate surface area is 197 Å². The van der Waals surface area contributed by atoms with Gasteiger partial charge in [0.25, 0.3) is 5.91 Å². The number of rotatable bonds is 7. The molecule has 180 valence electrons. The number of nitrogens with two attached hydrogens (primary N) is 1. The van der Waals surface area contributed by atoms with E-state index in [9.17, 15) is 9.90 Å². The van der Waals surface area contributed by atoms with E-state index >= 15 is 0 Å². The molecule has 4 rings (SSSR count). The average molecular weight is 454 g/mol. The number of carbonyl (C=O) groups excluding carboxylic acids is 1. The lowest BCUT2D eigenvalue weighted by atomic mass is 9.89. The fraction of sp³-hybridized carbons (Fsp3) is 0.615. The fourth-order valence-corrected chi connectivity index (χ4v) is 5.24. The molecule has 7 heteroatoms. The van der Waals surface area contributed by atoms with Crippen molar-refractivity contribution in [2.45, 2.75) is 77.0 Å². The molecule has 1 aliphatic heterocycles. The zero-order valence-electron chi connectivity index (χ0n) is 20.0. The number of aromatic nitrogens is 1. The van der Waals surface area contributed by atoms with Crippen LogP contribution >= 0.6 is 0 Å². The predicted molar refractivity (Wildman–Crippen MR) is 133 cm³/mol. The zero-order chi connectivity index (χ0) is 23.4. The second-order valence-electron chi connectivity index (χ2n) is 9.83. The Morgan fingerprint density at radius 1 is 1.24 bits per heavy atom. The molecule has 5 N–H and O–H groups in total. The van der Waals surface area contributed by atoms with Crippen LogP contribution in [0.25, 0.3) is 10.9 Å². The number of anilines is 1. The SMILES string of the molecule is CCC(N)NC(=O)c1cc2cc(C)ccc2nc1N1CCC(NC2CCCCC2)C(CO)C1. The molecule has 1 saturated heterocycles. The van der Waals surface area contributed by atoms with E-state index in [1.807, 2.05) is 32.0 Å². The van der Waals surface area contributed by atoms with Gasteiger partial charge in [0.2, 0.25) is 0 Å². The molecule has 1 aromatic carbocycles. The number of aliphatic hydroxyl groups is 1. The van der Waals surface area contributed by atoms with Gasteiger partial charge in [-0.3, -0.25) is 4.79 Å². The lowest BCUT2D eigenvalue weighted by molar-refractivity contribution is 0.0937. The molecule has 2 heterocycles. The van der Waals surface area contributed by atoms with Gasteiger partial charge in [-0.05, 0) is 50.8 Å². The Kier molecular flexibility index (Phi) is 7.83. The molecule has 0 spiro atoms. The van der Waals surface area contributed by atoms with Gasteiger partial charge in [-0.1, -0.05) is 37.8 Å². The van der Waals surface area contributed by atoms with E-state index in [1.54, 1.807) is 0 Å². The summed E-state index contributed by atoms with van der Waals surface area (Å²) >= 11 is 0. The molecule has 3 unspecified atom stereocenters. The molecule has 1 saturated carbocycles. The van der Waals surface area contributed by atoms with Crippen molar-refractivity contribution in [1.29, 1.82) is 0 Å². The predicted octanol–water partition coefficient (Wildman–Crippen LogP) is 3.08. The van der Waals surface area contributed by atoms with Crippen molar-refractivity contribution < 1.29 is 9.90 Å². The van der Waals surface area contributed by atoms with E-state index in [2.05, 4.69) is 21.6 Å². The van der Waals surface area contributed by atoms with Crippen LogP contribution in [-0.4, -0.2) is 53.9 Å². The van der Waals surface area contributed by atoms with Crippen LogP contribution in [0, 0.1) is 12.8 Å². The monoisotopic (exact) mass is 453 g/mol. The summed E-state index contributed by atoms with van der Waals surface area (Å²) < 4.78 is 0. The summed E-state index contributed by atoms with van der Waals surface area (Å²) in [5.74, 6) is 0.588. The average Bonchev–Trinajstić information content (AvgIpc) is 2.84. The summed E-state index contributed by atoms with van der Waals surface area (Å²) in [7, 11) is 0. The Balaban J connectivity index is 1.60. The summed E-state index contributed by atoms with van der Waals surface area (Å²) in [5, 5.41) is 17.9. The van der Waals surface area contributed by atoms with Gasteiger partial charge in [-0.15, -0.1) is 0 Å². The number of amides is 1. The molecule has 1 aromatic heterocycles. The van der Waals surface area contributed by atoms with Crippen LogP contribution in [0.2, 0.25) is 0 Å². The third kappa shape index (κ3) is 5.65. The van der Waals surface area contributed by atoms with Gasteiger partial charge in [-0.25, -0.2) is 4.98 Å². The second kappa shape index (κ2) is 10.8. The Hall–Kier alpha value is -2.22. The third-order valence-corrected chi connectivity index (χ3v) is 7.27. The van der Waals surface area contributed by atoms with Crippen LogP contribution in [0.1, 0.15) is 67.8 Å². The topological polar surface area (TPSA) is 104 Å². The number of hydrogen-bond donors (Lipinski definition) is 4. The Morgan fingerprint density at radius 3 is 2.76 bits per heavy atom. The van der Waals surface area contributed by atoms with Crippen LogP contribution in [-0.2, 0) is 0 Å². The van der Waals surface area contributed by atoms with E-state index in [-0.39, 0.29) is 18.4 Å². The van der Waals surface area contributed by atoms with Crippen molar-refractivity contribution in [2.24, 2.45) is 11.7 Å². The number of aliphatic hydroxyl groups excluding tert-OH is 1. The summed E-state index contributed by atoms with van der Waals surface area (Å²) in [6.07, 6.45) is 7.56. The number of aryl methyl sites for hydroxylation is 1. The molecule has 3 atom stereocenters. The van der Waals surface area contributed by atoms with Gasteiger partial charge in [0.1, 0.15) is 5.82 Å². The van der Waals surface area contributed by atoms with Gasteiger partial charge in [0.05, 0.1) is 17.2 Å². The maximum Gasteiger partial charge on any atom is 0.256 e. The molecule has 0 radical (unpaired) electrons. The first kappa shape index (κ1) is 23.9. The number of hydrogen-bond acceptors (Lipinski definition) is 6. The zero-order valence-corrected chi connectivity index (χ0v) is 20.0. The highest BCUT2D eigenvalue weighted by Crippen LogP contribution is 2.30. The molecular formula is C26H39N5O2. The molecule has 7 nitrogen and oxygen atoms in total. The maximum atomic E-state index is 13.2. The highest BCUT2D eigenvalue weighted by molar-refractivity contribution is 6.02. The van der Waals surface area contributed by atoms with Gasteiger partial charge in [0.15, 0.2) is 0 Å². The number of nitrogens with one attached hydrogen (secondary N) is 2. The Bertz CT molecular complexity index is 959. The van der Waals surface area contributed by atoms with Crippen molar-refractivity contribution in [3.8, 4) is 0 Å². The number of pyridine rings is 1. The standard InChI is InChI=1S/C26H39N5O2/c1-3-24(27)30-26(33)21-14-18-13-17(2)9-10-22(18)29-25(21)31-12-11-23(19(15-31)16-32)28-20-7-5-4-6-8-20/h9-10,13-14,19-20,23-24,28,32H,3-8,11-12,15-16,27H2,1-2H3,(H,30,33). The minimum atomic E-state index is -0.394. The third-order valence-electron chi connectivity index (χ3n) is 7.27. The van der Waals surface area contributed by atoms with Crippen LogP contribution in [0.5, 0.6) is 0 Å². The van der Waals surface area contributed by atoms with Gasteiger partial charge in [0, 0.05) is 43.1 Å². The summed E-state index contributed by atoms with van der Waals surface area (Å²) in [5.41, 5.74) is 8.57. The van der Waals surface area contributed by atoms with Crippen molar-refractivity contribution >= 4 is 22.6 Å². The first-order valence-electron chi connectivity index (χ1n) is 12.6. The van der Waals surface area contributed by atoms with Crippen molar-refractivity contribution in [3.63, 3.8) is 0 Å². The number of fused-ring (bicyclic) bond motifs is 1. The highest BCUT2D eigenvalue weighted by atomic mass is 16.3. The first-order chi connectivity index (χ1) is 16.0. The van der Waals surface area contributed by atoms with Crippen molar-refractivity contribution in [1.82, 2.24) is 15.6 Å². The maximum absolute atomic E-state index is 13.2. The van der Waals surface area contributed by atoms with Crippen LogP contribution in [0.4, 0.5) is 5.82 Å². The smallest absolute Gasteiger partial charge is 0.256 e. The molecule has 1 aliphatic carbocycles. The van der Waals surface area contributed by atoms with E-state index in [0.717, 1.165) is 29.4 Å². The summed E-state index contributed by atoms with van der Waals surface area (Å²) in [6, 6.07) is 8.89. The molecule has 2 aromatic rings. The lowest BCUT2D eigenvalue weighted by Gasteiger charge is -2.41. The summed E-state index contributed by atoms with van der Waals surface area (Å²) in [4.78, 5) is 20.3. The molecule has 1 amide bonds. The quantitative estimate of drug-likeness (QED) is 0.481.